The van der Waals surface area contributed by atoms with Crippen LogP contribution in [-0.4, -0.2) is 12.7 Å². The number of carbonyl (C=O) groups excluding carboxylic acids is 1. The van der Waals surface area contributed by atoms with Crippen LogP contribution in [-0.2, 0) is 4.74 Å². The Morgan fingerprint density at radius 2 is 2.00 bits per heavy atom. The second-order valence-corrected chi connectivity index (χ2v) is 0.805. The molecule has 0 aliphatic heterocycles. The first-order valence-electron chi connectivity index (χ1n) is 1.76. The maximum atomic E-state index is 9.71. The Hall–Kier alpha value is 0.01000. The summed E-state index contributed by atoms with van der Waals surface area (Å²) in [5, 5.41) is 0. The fraction of sp³-hybridized carbons (Fsp3) is 0.667. The molecule has 0 atom stereocenters. The van der Waals surface area contributed by atoms with Crippen LogP contribution in [0.5, 0.6) is 0 Å². The number of hydrogen-bond acceptors (Lipinski definition) is 2. The summed E-state index contributed by atoms with van der Waals surface area (Å²) in [4.78, 5) is 9.71. The molecule has 0 radical (unpaired) electrons. The van der Waals surface area contributed by atoms with Gasteiger partial charge in [0.15, 0.2) is 0 Å². The summed E-state index contributed by atoms with van der Waals surface area (Å²) in [6, 6.07) is 0. The van der Waals surface area contributed by atoms with Gasteiger partial charge in [0, 0.05) is 0 Å². The van der Waals surface area contributed by atoms with E-state index < -0.39 is 6.09 Å². The lowest BCUT2D eigenvalue weighted by molar-refractivity contribution is -0.282. The van der Waals surface area contributed by atoms with Crippen LogP contribution >= 0.6 is 0 Å². The molecule has 0 unspecified atom stereocenters. The molecule has 0 spiro atoms. The summed E-state index contributed by atoms with van der Waals surface area (Å²) < 4.78 is 4.29. The van der Waals surface area contributed by atoms with E-state index in [1.807, 2.05) is 0 Å². The topological polar surface area (TPSA) is 53.9 Å². The summed E-state index contributed by atoms with van der Waals surface area (Å²) in [6.07, 6.45) is -0.461. The maximum absolute atomic E-state index is 9.71. The van der Waals surface area contributed by atoms with E-state index in [9.17, 15) is 4.79 Å². The number of ether oxygens (including phenoxy) is 1. The van der Waals surface area contributed by atoms with Crippen molar-refractivity contribution in [2.45, 2.75) is 6.92 Å². The first kappa shape index (κ1) is 15.7. The Balaban J connectivity index is -0.000000125. The van der Waals surface area contributed by atoms with Gasteiger partial charge in [-0.05, 0) is 6.92 Å². The lowest BCUT2D eigenvalue weighted by Crippen LogP contribution is -3.00. The number of carbonyl (C=O) groups is 1. The SMILES string of the molecule is CCOC([NH3+])=O.[Cl-].[Cl-]. The lowest BCUT2D eigenvalue weighted by Gasteiger charge is -1.84. The second-order valence-electron chi connectivity index (χ2n) is 0.805. The fourth-order valence-electron chi connectivity index (χ4n) is 0.161. The van der Waals surface area contributed by atoms with E-state index in [1.165, 1.54) is 0 Å². The van der Waals surface area contributed by atoms with Crippen LogP contribution in [0, 0.1) is 0 Å². The third-order valence-corrected chi connectivity index (χ3v) is 0.305. The van der Waals surface area contributed by atoms with Crippen molar-refractivity contribution in [3.63, 3.8) is 0 Å². The van der Waals surface area contributed by atoms with Crippen molar-refractivity contribution in [1.29, 1.82) is 0 Å². The van der Waals surface area contributed by atoms with E-state index in [2.05, 4.69) is 10.5 Å². The number of hydrogen-bond donors (Lipinski definition) is 1. The van der Waals surface area contributed by atoms with Crippen molar-refractivity contribution in [3.8, 4) is 0 Å². The van der Waals surface area contributed by atoms with Gasteiger partial charge in [0.25, 0.3) is 0 Å². The van der Waals surface area contributed by atoms with Crippen LogP contribution in [0.3, 0.4) is 0 Å². The zero-order valence-electron chi connectivity index (χ0n) is 4.49. The molecule has 0 fully saturated rings. The fourth-order valence-corrected chi connectivity index (χ4v) is 0.161. The van der Waals surface area contributed by atoms with Crippen molar-refractivity contribution < 1.29 is 40.1 Å². The van der Waals surface area contributed by atoms with Crippen molar-refractivity contribution in [3.05, 3.63) is 0 Å². The molecule has 3 N–H and O–H groups in total. The highest BCUT2D eigenvalue weighted by atomic mass is 35.5. The van der Waals surface area contributed by atoms with Crippen LogP contribution in [0.4, 0.5) is 4.79 Å². The molecule has 0 aromatic rings. The predicted molar refractivity (Wildman–Crippen MR) is 19.9 cm³/mol. The van der Waals surface area contributed by atoms with Gasteiger partial charge in [0.2, 0.25) is 0 Å². The third-order valence-electron chi connectivity index (χ3n) is 0.305. The molecule has 0 rings (SSSR count). The highest BCUT2D eigenvalue weighted by Gasteiger charge is 1.88. The quantitative estimate of drug-likeness (QED) is 0.415. The first-order chi connectivity index (χ1) is 2.77. The van der Waals surface area contributed by atoms with Crippen LogP contribution in [0.2, 0.25) is 0 Å². The molecule has 1 amide bonds. The molecule has 0 heterocycles. The molecule has 52 valence electrons. The first-order valence-corrected chi connectivity index (χ1v) is 1.76. The molecule has 0 aromatic heterocycles. The highest BCUT2D eigenvalue weighted by Crippen LogP contribution is 1.63. The number of quaternary nitrogens is 1. The average Bonchev–Trinajstić information content (AvgIpc) is 1.35. The highest BCUT2D eigenvalue weighted by molar-refractivity contribution is 5.53. The molecule has 0 saturated carbocycles. The van der Waals surface area contributed by atoms with E-state index in [0.717, 1.165) is 0 Å². The Kier molecular flexibility index (Phi) is 19.8. The molecule has 0 bridgehead atoms. The van der Waals surface area contributed by atoms with E-state index in [-0.39, 0.29) is 24.8 Å². The standard InChI is InChI=1S/C3H7NO2.2ClH/c1-2-6-3(4)5;;/h2H2,1H3,(H2,4,5);2*1H/p-1. The minimum Gasteiger partial charge on any atom is -1.00 e. The van der Waals surface area contributed by atoms with Crippen LogP contribution in [0.1, 0.15) is 6.92 Å². The Labute approximate surface area is 60.4 Å². The Morgan fingerprint density at radius 3 is 2.00 bits per heavy atom. The lowest BCUT2D eigenvalue weighted by atomic mass is 10.9. The van der Waals surface area contributed by atoms with Gasteiger partial charge in [-0.2, -0.15) is 4.79 Å². The molecule has 3 nitrogen and oxygen atoms in total. The van der Waals surface area contributed by atoms with Gasteiger partial charge >= 0.3 is 6.09 Å². The summed E-state index contributed by atoms with van der Waals surface area (Å²) >= 11 is 0. The van der Waals surface area contributed by atoms with Gasteiger partial charge in [-0.25, -0.2) is 0 Å². The molecule has 5 heteroatoms. The summed E-state index contributed by atoms with van der Waals surface area (Å²) in [6.45, 7) is 2.16. The molecule has 0 aliphatic carbocycles. The van der Waals surface area contributed by atoms with Gasteiger partial charge in [0.05, 0.1) is 6.61 Å². The molecular weight excluding hydrogens is 153 g/mol. The van der Waals surface area contributed by atoms with E-state index >= 15 is 0 Å². The summed E-state index contributed by atoms with van der Waals surface area (Å²) in [7, 11) is 0. The number of rotatable bonds is 1. The van der Waals surface area contributed by atoms with E-state index in [1.54, 1.807) is 6.92 Å². The van der Waals surface area contributed by atoms with Gasteiger partial charge < -0.3 is 29.6 Å². The molecule has 0 aliphatic rings. The minimum absolute atomic E-state index is 0. The molecule has 0 aromatic carbocycles. The monoisotopic (exact) mass is 160 g/mol. The zero-order valence-corrected chi connectivity index (χ0v) is 6.00. The predicted octanol–water partition coefficient (Wildman–Crippen LogP) is -6.61. The largest absolute Gasteiger partial charge is 1.00 e. The normalized spacial score (nSPS) is 5.75. The molecule has 8 heavy (non-hydrogen) atoms. The average molecular weight is 161 g/mol. The van der Waals surface area contributed by atoms with Crippen molar-refractivity contribution >= 4 is 6.09 Å². The number of halogens is 2. The summed E-state index contributed by atoms with van der Waals surface area (Å²) in [5.41, 5.74) is 2.97. The van der Waals surface area contributed by atoms with Gasteiger partial charge in [-0.15, -0.1) is 0 Å². The second kappa shape index (κ2) is 10.1. The van der Waals surface area contributed by atoms with Crippen LogP contribution in [0.15, 0.2) is 0 Å². The Bertz CT molecular complexity index is 59.2. The van der Waals surface area contributed by atoms with Crippen LogP contribution < -0.4 is 30.5 Å². The zero-order chi connectivity index (χ0) is 4.99. The van der Waals surface area contributed by atoms with Crippen molar-refractivity contribution in [2.75, 3.05) is 6.61 Å². The van der Waals surface area contributed by atoms with Gasteiger partial charge in [-0.1, -0.05) is 0 Å². The minimum atomic E-state index is -0.461. The van der Waals surface area contributed by atoms with Gasteiger partial charge in [-0.3, -0.25) is 5.73 Å². The van der Waals surface area contributed by atoms with Crippen LogP contribution in [0.25, 0.3) is 0 Å². The van der Waals surface area contributed by atoms with E-state index in [4.69, 9.17) is 0 Å². The smallest absolute Gasteiger partial charge is 0.511 e. The number of amides is 1. The van der Waals surface area contributed by atoms with Gasteiger partial charge in [0.1, 0.15) is 0 Å². The third kappa shape index (κ3) is 16.7. The van der Waals surface area contributed by atoms with Crippen molar-refractivity contribution in [2.24, 2.45) is 0 Å². The Morgan fingerprint density at radius 1 is 1.62 bits per heavy atom. The summed E-state index contributed by atoms with van der Waals surface area (Å²) in [5.74, 6) is 0. The van der Waals surface area contributed by atoms with E-state index in [0.29, 0.717) is 6.61 Å². The maximum Gasteiger partial charge on any atom is 0.511 e. The molecule has 0 saturated heterocycles. The molecular formula is C3H8Cl2NO2-. The van der Waals surface area contributed by atoms with Crippen molar-refractivity contribution in [1.82, 2.24) is 0 Å².